The number of nitrogens with zero attached hydrogens (tertiary/aromatic N) is 3. The van der Waals surface area contributed by atoms with E-state index in [1.807, 2.05) is 29.2 Å². The van der Waals surface area contributed by atoms with Crippen LogP contribution in [0, 0.1) is 5.92 Å². The van der Waals surface area contributed by atoms with Crippen LogP contribution < -0.4 is 4.90 Å². The SMILES string of the molecule is O=C(OCC(=O)N1CCOCC1)C1CCN(c2nc3ccccc3o2)CC1. The van der Waals surface area contributed by atoms with Gasteiger partial charge >= 0.3 is 5.97 Å². The Hall–Kier alpha value is -2.61. The van der Waals surface area contributed by atoms with Gasteiger partial charge < -0.3 is 23.7 Å². The molecule has 0 aliphatic carbocycles. The summed E-state index contributed by atoms with van der Waals surface area (Å²) in [5, 5.41) is 0. The molecular weight excluding hydrogens is 350 g/mol. The van der Waals surface area contributed by atoms with E-state index in [0.29, 0.717) is 58.2 Å². The fraction of sp³-hybridized carbons (Fsp3) is 0.526. The zero-order valence-corrected chi connectivity index (χ0v) is 15.1. The number of carbonyl (C=O) groups is 2. The summed E-state index contributed by atoms with van der Waals surface area (Å²) in [6, 6.07) is 8.23. The first-order valence-corrected chi connectivity index (χ1v) is 9.33. The number of anilines is 1. The molecule has 0 unspecified atom stereocenters. The minimum absolute atomic E-state index is 0.157. The van der Waals surface area contributed by atoms with Crippen LogP contribution in [-0.4, -0.2) is 67.8 Å². The molecule has 0 atom stereocenters. The summed E-state index contributed by atoms with van der Waals surface area (Å²) in [5.74, 6) is -0.646. The van der Waals surface area contributed by atoms with E-state index >= 15 is 0 Å². The fourth-order valence-electron chi connectivity index (χ4n) is 3.46. The average molecular weight is 373 g/mol. The lowest BCUT2D eigenvalue weighted by Crippen LogP contribution is -2.43. The Kier molecular flexibility index (Phi) is 5.24. The number of amides is 1. The number of benzene rings is 1. The molecule has 3 heterocycles. The van der Waals surface area contributed by atoms with Crippen LogP contribution in [0.3, 0.4) is 0 Å². The molecule has 0 N–H and O–H groups in total. The lowest BCUT2D eigenvalue weighted by Gasteiger charge is -2.30. The number of ether oxygens (including phenoxy) is 2. The molecule has 1 aromatic carbocycles. The fourth-order valence-corrected chi connectivity index (χ4v) is 3.46. The lowest BCUT2D eigenvalue weighted by molar-refractivity contribution is -0.157. The summed E-state index contributed by atoms with van der Waals surface area (Å²) in [5.41, 5.74) is 1.59. The van der Waals surface area contributed by atoms with Crippen molar-refractivity contribution in [1.29, 1.82) is 0 Å². The Morgan fingerprint density at radius 1 is 1.11 bits per heavy atom. The van der Waals surface area contributed by atoms with E-state index in [2.05, 4.69) is 4.98 Å². The van der Waals surface area contributed by atoms with Gasteiger partial charge in [0.1, 0.15) is 5.52 Å². The van der Waals surface area contributed by atoms with Crippen LogP contribution in [0.5, 0.6) is 0 Å². The minimum atomic E-state index is -0.297. The van der Waals surface area contributed by atoms with Gasteiger partial charge in [0.05, 0.1) is 19.1 Å². The number of aromatic nitrogens is 1. The predicted molar refractivity (Wildman–Crippen MR) is 97.3 cm³/mol. The highest BCUT2D eigenvalue weighted by Gasteiger charge is 2.29. The van der Waals surface area contributed by atoms with Gasteiger partial charge in [0.2, 0.25) is 0 Å². The van der Waals surface area contributed by atoms with Crippen molar-refractivity contribution in [3.05, 3.63) is 24.3 Å². The van der Waals surface area contributed by atoms with Gasteiger partial charge in [0.25, 0.3) is 11.9 Å². The molecule has 4 rings (SSSR count). The minimum Gasteiger partial charge on any atom is -0.455 e. The van der Waals surface area contributed by atoms with Gasteiger partial charge in [0, 0.05) is 26.2 Å². The van der Waals surface area contributed by atoms with Crippen LogP contribution in [0.25, 0.3) is 11.1 Å². The van der Waals surface area contributed by atoms with Gasteiger partial charge in [0.15, 0.2) is 12.2 Å². The van der Waals surface area contributed by atoms with Crippen molar-refractivity contribution in [1.82, 2.24) is 9.88 Å². The summed E-state index contributed by atoms with van der Waals surface area (Å²) in [4.78, 5) is 32.6. The maximum absolute atomic E-state index is 12.3. The highest BCUT2D eigenvalue weighted by atomic mass is 16.5. The normalized spacial score (nSPS) is 18.7. The number of esters is 1. The Bertz CT molecular complexity index is 774. The van der Waals surface area contributed by atoms with E-state index in [9.17, 15) is 9.59 Å². The second kappa shape index (κ2) is 7.96. The molecule has 0 bridgehead atoms. The van der Waals surface area contributed by atoms with E-state index in [4.69, 9.17) is 13.9 Å². The average Bonchev–Trinajstić information content (AvgIpc) is 3.17. The zero-order chi connectivity index (χ0) is 18.6. The number of morpholine rings is 1. The number of fused-ring (bicyclic) bond motifs is 1. The third-order valence-electron chi connectivity index (χ3n) is 5.08. The molecule has 1 amide bonds. The van der Waals surface area contributed by atoms with E-state index in [1.54, 1.807) is 4.90 Å². The molecule has 1 aromatic heterocycles. The quantitative estimate of drug-likeness (QED) is 0.750. The van der Waals surface area contributed by atoms with Crippen LogP contribution >= 0.6 is 0 Å². The first-order valence-electron chi connectivity index (χ1n) is 9.33. The smallest absolute Gasteiger partial charge is 0.309 e. The van der Waals surface area contributed by atoms with Crippen LogP contribution in [-0.2, 0) is 19.1 Å². The van der Waals surface area contributed by atoms with Crippen molar-refractivity contribution in [2.45, 2.75) is 12.8 Å². The van der Waals surface area contributed by atoms with Crippen LogP contribution in [0.1, 0.15) is 12.8 Å². The van der Waals surface area contributed by atoms with Crippen molar-refractivity contribution < 1.29 is 23.5 Å². The maximum atomic E-state index is 12.3. The molecule has 2 aromatic rings. The van der Waals surface area contributed by atoms with Gasteiger partial charge in [-0.25, -0.2) is 0 Å². The van der Waals surface area contributed by atoms with Crippen molar-refractivity contribution in [3.63, 3.8) is 0 Å². The molecule has 2 saturated heterocycles. The third kappa shape index (κ3) is 4.05. The predicted octanol–water partition coefficient (Wildman–Crippen LogP) is 1.45. The molecule has 0 saturated carbocycles. The number of hydrogen-bond donors (Lipinski definition) is 0. The number of oxazole rings is 1. The molecule has 2 fully saturated rings. The van der Waals surface area contributed by atoms with Crippen molar-refractivity contribution in [2.24, 2.45) is 5.92 Å². The summed E-state index contributed by atoms with van der Waals surface area (Å²) < 4.78 is 16.3. The van der Waals surface area contributed by atoms with Crippen molar-refractivity contribution in [3.8, 4) is 0 Å². The van der Waals surface area contributed by atoms with Crippen LogP contribution in [0.15, 0.2) is 28.7 Å². The molecule has 0 spiro atoms. The molecule has 2 aliphatic heterocycles. The zero-order valence-electron chi connectivity index (χ0n) is 15.1. The van der Waals surface area contributed by atoms with Crippen molar-refractivity contribution in [2.75, 3.05) is 50.9 Å². The molecule has 8 nitrogen and oxygen atoms in total. The molecule has 144 valence electrons. The van der Waals surface area contributed by atoms with Gasteiger partial charge in [-0.3, -0.25) is 9.59 Å². The third-order valence-corrected chi connectivity index (χ3v) is 5.08. The monoisotopic (exact) mass is 373 g/mol. The molecule has 8 heteroatoms. The number of carbonyl (C=O) groups excluding carboxylic acids is 2. The largest absolute Gasteiger partial charge is 0.455 e. The van der Waals surface area contributed by atoms with Gasteiger partial charge in [-0.15, -0.1) is 0 Å². The van der Waals surface area contributed by atoms with Crippen LogP contribution in [0.2, 0.25) is 0 Å². The van der Waals surface area contributed by atoms with E-state index in [1.165, 1.54) is 0 Å². The summed E-state index contributed by atoms with van der Waals surface area (Å²) in [6.45, 7) is 3.33. The highest BCUT2D eigenvalue weighted by molar-refractivity contribution is 5.81. The van der Waals surface area contributed by atoms with Crippen LogP contribution in [0.4, 0.5) is 6.01 Å². The number of piperidine rings is 1. The summed E-state index contributed by atoms with van der Waals surface area (Å²) in [6.07, 6.45) is 1.31. The van der Waals surface area contributed by atoms with Gasteiger partial charge in [-0.1, -0.05) is 12.1 Å². The Morgan fingerprint density at radius 3 is 2.59 bits per heavy atom. The first-order chi connectivity index (χ1) is 13.2. The molecule has 2 aliphatic rings. The number of hydrogen-bond acceptors (Lipinski definition) is 7. The second-order valence-corrected chi connectivity index (χ2v) is 6.83. The molecular formula is C19H23N3O5. The number of rotatable bonds is 4. The lowest BCUT2D eigenvalue weighted by atomic mass is 9.97. The molecule has 0 radical (unpaired) electrons. The van der Waals surface area contributed by atoms with Gasteiger partial charge in [-0.05, 0) is 25.0 Å². The topological polar surface area (TPSA) is 85.1 Å². The second-order valence-electron chi connectivity index (χ2n) is 6.83. The summed E-state index contributed by atoms with van der Waals surface area (Å²) >= 11 is 0. The van der Waals surface area contributed by atoms with E-state index in [-0.39, 0.29) is 24.4 Å². The molecule has 27 heavy (non-hydrogen) atoms. The highest BCUT2D eigenvalue weighted by Crippen LogP contribution is 2.26. The Balaban J connectivity index is 1.25. The van der Waals surface area contributed by atoms with E-state index < -0.39 is 0 Å². The van der Waals surface area contributed by atoms with E-state index in [0.717, 1.165) is 11.1 Å². The Labute approximate surface area is 157 Å². The van der Waals surface area contributed by atoms with Crippen molar-refractivity contribution >= 4 is 29.0 Å². The van der Waals surface area contributed by atoms with Gasteiger partial charge in [-0.2, -0.15) is 4.98 Å². The Morgan fingerprint density at radius 2 is 1.85 bits per heavy atom. The summed E-state index contributed by atoms with van der Waals surface area (Å²) in [7, 11) is 0. The first kappa shape index (κ1) is 17.8. The maximum Gasteiger partial charge on any atom is 0.309 e. The number of para-hydroxylation sites is 2. The standard InChI is InChI=1S/C19H23N3O5/c23-17(21-9-11-25-12-10-21)13-26-18(24)14-5-7-22(8-6-14)19-20-15-3-1-2-4-16(15)27-19/h1-4,14H,5-13H2.